The highest BCUT2D eigenvalue weighted by atomic mass is 19.4. The van der Waals surface area contributed by atoms with Crippen LogP contribution in [-0.4, -0.2) is 162 Å². The third-order valence-electron chi connectivity index (χ3n) is 24.4. The Bertz CT molecular complexity index is 4500. The number of carbonyl (C=O) groups is 6. The van der Waals surface area contributed by atoms with Gasteiger partial charge >= 0.3 is 12.4 Å². The number of unbranched alkanes of at least 4 members (excludes halogenated alkanes) is 2. The molecule has 8 aliphatic rings. The molecule has 4 fully saturated rings. The van der Waals surface area contributed by atoms with Gasteiger partial charge in [0.05, 0.1) is 0 Å². The maximum absolute atomic E-state index is 14.3. The van der Waals surface area contributed by atoms with Gasteiger partial charge in [0.25, 0.3) is 11.8 Å². The molecular weight excluding hydrogens is 1460 g/mol. The fourth-order valence-corrected chi connectivity index (χ4v) is 18.4. The number of nitrogens with zero attached hydrogens (tertiary/aromatic N) is 6. The van der Waals surface area contributed by atoms with E-state index >= 15 is 0 Å². The molecule has 8 aromatic carbocycles. The van der Waals surface area contributed by atoms with Gasteiger partial charge in [-0.05, 0) is 237 Å². The zero-order valence-electron chi connectivity index (χ0n) is 64.0. The molecule has 17 nitrogen and oxygen atoms in total. The van der Waals surface area contributed by atoms with Crippen molar-refractivity contribution < 1.29 is 69.7 Å². The van der Waals surface area contributed by atoms with Gasteiger partial charge in [-0.3, -0.25) is 49.2 Å². The number of piperazine rings is 2. The number of benzene rings is 8. The molecule has 114 heavy (non-hydrogen) atoms. The number of phenols is 1. The molecule has 2 aliphatic carbocycles. The van der Waals surface area contributed by atoms with Gasteiger partial charge in [0.2, 0.25) is 23.6 Å². The van der Waals surface area contributed by atoms with Gasteiger partial charge in [-0.15, -0.1) is 0 Å². The van der Waals surface area contributed by atoms with Crippen LogP contribution in [0.15, 0.2) is 182 Å². The molecule has 4 unspecified atom stereocenters. The number of carbonyl (C=O) groups excluding carboxylic acids is 6. The van der Waals surface area contributed by atoms with Crippen molar-refractivity contribution in [3.63, 3.8) is 0 Å². The largest absolute Gasteiger partial charge is 0.508 e. The number of phenolic OH excluding ortho intramolecular Hbond substituents is 1. The first-order valence-corrected chi connectivity index (χ1v) is 40.2. The first-order valence-electron chi connectivity index (χ1n) is 40.2. The van der Waals surface area contributed by atoms with Crippen molar-refractivity contribution in [2.45, 2.75) is 170 Å². The van der Waals surface area contributed by atoms with Gasteiger partial charge in [-0.2, -0.15) is 26.3 Å². The molecule has 6 heterocycles. The van der Waals surface area contributed by atoms with Crippen LogP contribution >= 0.6 is 0 Å². The number of hydrogen-bond acceptors (Lipinski definition) is 13. The quantitative estimate of drug-likeness (QED) is 0.0331. The van der Waals surface area contributed by atoms with E-state index in [4.69, 9.17) is 9.47 Å². The third-order valence-corrected chi connectivity index (χ3v) is 24.4. The predicted octanol–water partition coefficient (Wildman–Crippen LogP) is 15.2. The van der Waals surface area contributed by atoms with E-state index < -0.39 is 48.5 Å². The Balaban J connectivity index is 0.000000180. The van der Waals surface area contributed by atoms with Crippen molar-refractivity contribution in [2.24, 2.45) is 0 Å². The highest BCUT2D eigenvalue weighted by Gasteiger charge is 2.45. The average Bonchev–Trinajstić information content (AvgIpc) is 0.989. The normalized spacial score (nSPS) is 21.9. The van der Waals surface area contributed by atoms with Crippen molar-refractivity contribution in [1.82, 2.24) is 30.2 Å². The lowest BCUT2D eigenvalue weighted by atomic mass is 9.69. The molecule has 3 N–H and O–H groups in total. The van der Waals surface area contributed by atoms with Crippen LogP contribution in [0.4, 0.5) is 37.7 Å². The van der Waals surface area contributed by atoms with Crippen LogP contribution in [0.25, 0.3) is 0 Å². The number of alkyl halides is 6. The zero-order chi connectivity index (χ0) is 79.4. The minimum absolute atomic E-state index is 0.0111. The van der Waals surface area contributed by atoms with E-state index in [1.54, 1.807) is 40.1 Å². The molecule has 8 aromatic rings. The molecular formula is C91H96F6N8O9. The fourth-order valence-electron chi connectivity index (χ4n) is 18.4. The SMILES string of the molecule is Cc1ccc2c(c1)CC[C@H](c1ccccc1)[C@@H]2c1ccc(OC(CCCCN2CCN(c3ccc4c(c3)CN(C3CCC(=O)NC3=O)C4=O)CC2)C(F)(F)F)cc1.O=C1CCC(N2Cc3cc(N4CCN(CCCCC(Oc5ccc([C@@H]6c7ccc(O)cc7CC[C@@H]6c6ccccc6)cc5)C(F)(F)F)CC4)ccc3C2=O)C(=O)N1. The summed E-state index contributed by atoms with van der Waals surface area (Å²) >= 11 is 0. The summed E-state index contributed by atoms with van der Waals surface area (Å²) in [6.07, 6.45) is -6.24. The summed E-state index contributed by atoms with van der Waals surface area (Å²) < 4.78 is 96.8. The molecule has 596 valence electrons. The van der Waals surface area contributed by atoms with E-state index in [9.17, 15) is 60.2 Å². The third kappa shape index (κ3) is 17.9. The number of anilines is 2. The van der Waals surface area contributed by atoms with Crippen LogP contribution in [0.2, 0.25) is 0 Å². The molecule has 0 radical (unpaired) electrons. The van der Waals surface area contributed by atoms with Gasteiger partial charge in [0.1, 0.15) is 29.3 Å². The highest BCUT2D eigenvalue weighted by Crippen LogP contribution is 2.50. The Morgan fingerprint density at radius 3 is 1.25 bits per heavy atom. The van der Waals surface area contributed by atoms with Crippen LogP contribution in [0, 0.1) is 6.92 Å². The second-order valence-electron chi connectivity index (χ2n) is 31.7. The number of nitrogens with one attached hydrogen (secondary N) is 2. The zero-order valence-corrected chi connectivity index (χ0v) is 64.0. The number of piperidine rings is 2. The topological polar surface area (TPSA) is 185 Å². The summed E-state index contributed by atoms with van der Waals surface area (Å²) in [6, 6.07) is 57.4. The minimum Gasteiger partial charge on any atom is -0.508 e. The second-order valence-corrected chi connectivity index (χ2v) is 31.7. The Labute approximate surface area is 660 Å². The summed E-state index contributed by atoms with van der Waals surface area (Å²) in [5.74, 6) is -0.692. The monoisotopic (exact) mass is 1560 g/mol. The number of fused-ring (bicyclic) bond motifs is 4. The van der Waals surface area contributed by atoms with E-state index in [-0.39, 0.29) is 90.2 Å². The number of ether oxygens (including phenoxy) is 2. The number of hydrogen-bond donors (Lipinski definition) is 3. The van der Waals surface area contributed by atoms with Gasteiger partial charge in [-0.25, -0.2) is 0 Å². The number of imide groups is 2. The van der Waals surface area contributed by atoms with Crippen LogP contribution < -0.4 is 29.9 Å². The Hall–Kier alpha value is -10.5. The lowest BCUT2D eigenvalue weighted by molar-refractivity contribution is -0.197. The molecule has 0 bridgehead atoms. The number of aromatic hydroxyl groups is 1. The van der Waals surface area contributed by atoms with E-state index in [1.807, 2.05) is 97.1 Å². The second kappa shape index (κ2) is 34.3. The number of amides is 6. The van der Waals surface area contributed by atoms with Crippen molar-refractivity contribution in [1.29, 1.82) is 0 Å². The minimum atomic E-state index is -4.51. The van der Waals surface area contributed by atoms with Crippen molar-refractivity contribution in [2.75, 3.05) is 75.2 Å². The molecule has 0 spiro atoms. The summed E-state index contributed by atoms with van der Waals surface area (Å²) in [5.41, 5.74) is 15.5. The molecule has 16 rings (SSSR count). The van der Waals surface area contributed by atoms with Gasteiger partial charge in [0.15, 0.2) is 12.2 Å². The summed E-state index contributed by atoms with van der Waals surface area (Å²) in [7, 11) is 0. The lowest BCUT2D eigenvalue weighted by Crippen LogP contribution is -2.52. The van der Waals surface area contributed by atoms with Gasteiger partial charge in [-0.1, -0.05) is 115 Å². The highest BCUT2D eigenvalue weighted by molar-refractivity contribution is 6.06. The smallest absolute Gasteiger partial charge is 0.425 e. The summed E-state index contributed by atoms with van der Waals surface area (Å²) in [5, 5.41) is 14.8. The van der Waals surface area contributed by atoms with Crippen LogP contribution in [0.1, 0.15) is 183 Å². The van der Waals surface area contributed by atoms with Crippen molar-refractivity contribution >= 4 is 46.8 Å². The van der Waals surface area contributed by atoms with E-state index in [1.165, 1.54) is 27.8 Å². The average molecular weight is 1560 g/mol. The Morgan fingerprint density at radius 2 is 0.842 bits per heavy atom. The molecule has 23 heteroatoms. The first kappa shape index (κ1) is 78.7. The maximum atomic E-state index is 14.3. The Kier molecular flexibility index (Phi) is 23.7. The molecule has 0 saturated carbocycles. The van der Waals surface area contributed by atoms with E-state index in [2.05, 4.69) is 91.8 Å². The molecule has 0 aromatic heterocycles. The van der Waals surface area contributed by atoms with E-state index in [0.717, 1.165) is 123 Å². The Morgan fingerprint density at radius 1 is 0.430 bits per heavy atom. The molecule has 4 saturated heterocycles. The predicted molar refractivity (Wildman–Crippen MR) is 422 cm³/mol. The van der Waals surface area contributed by atoms with Crippen LogP contribution in [0.5, 0.6) is 17.2 Å². The number of halogens is 6. The van der Waals surface area contributed by atoms with Gasteiger partial charge in [0, 0.05) is 113 Å². The molecule has 6 aliphatic heterocycles. The summed E-state index contributed by atoms with van der Waals surface area (Å²) in [6.45, 7) is 10.2. The first-order chi connectivity index (χ1) is 55.0. The van der Waals surface area contributed by atoms with Crippen molar-refractivity contribution in [3.05, 3.63) is 254 Å². The van der Waals surface area contributed by atoms with Crippen LogP contribution in [-0.2, 0) is 45.1 Å². The molecule has 6 amide bonds. The lowest BCUT2D eigenvalue weighted by Gasteiger charge is -2.36. The number of rotatable bonds is 22. The summed E-state index contributed by atoms with van der Waals surface area (Å²) in [4.78, 5) is 86.4. The molecule has 8 atom stereocenters. The fraction of sp³-hybridized carbons (Fsp3) is 0.407. The van der Waals surface area contributed by atoms with Gasteiger partial charge < -0.3 is 34.2 Å². The van der Waals surface area contributed by atoms with E-state index in [0.29, 0.717) is 75.8 Å². The standard InChI is InChI=1S/C46H49F3N4O4.C45H47F3N4O5/c1-30-10-17-38-33(27-30)13-18-37(31-7-3-2-4-8-31)43(38)32-11-15-36(16-12-32)57-41(46(47,48)49)9-5-6-22-51-23-25-52(26-24-51)35-14-19-39-34(28-35)29-53(45(39)56)40-20-21-42(54)50-44(40)55;46-45(47,48)40(57-35-14-9-30(10-15-35)42-36(29-6-2-1-3-7-29)16-11-31-27-34(53)13-18-37(31)42)8-4-5-21-50-22-24-51(25-23-50)33-12-17-38-32(26-33)28-52(44(38)56)39-19-20-41(54)49-43(39)55/h2-4,7-8,10-12,14-17,19,27-28,37,40-41,43H,5-6,9,13,18,20-26,29H2,1H3,(H,50,54,55);1-3,6-7,9-10,12-15,17-18,26-27,36,39-40,42,53H,4-5,8,11,16,19-25,28H2,(H,49,54,55)/t37-,40?,41?,43+;36-,39?,40?,42+/m11/s1. The number of aryl methyl sites for hydroxylation is 3. The maximum Gasteiger partial charge on any atom is 0.425 e. The van der Waals surface area contributed by atoms with Crippen LogP contribution in [0.3, 0.4) is 0 Å². The van der Waals surface area contributed by atoms with Crippen molar-refractivity contribution in [3.8, 4) is 17.2 Å².